The third-order valence-corrected chi connectivity index (χ3v) is 9.49. The van der Waals surface area contributed by atoms with Gasteiger partial charge < -0.3 is 30.5 Å². The van der Waals surface area contributed by atoms with Crippen LogP contribution < -0.4 is 25.8 Å². The molecule has 3 amide bonds. The molecule has 2 aliphatic heterocycles. The number of benzene rings is 1. The van der Waals surface area contributed by atoms with Gasteiger partial charge in [0.25, 0.3) is 10.1 Å². The van der Waals surface area contributed by atoms with E-state index < -0.39 is 75.2 Å². The molecular formula is C33H43F6N7O7S. The van der Waals surface area contributed by atoms with Gasteiger partial charge in [0.15, 0.2) is 0 Å². The Morgan fingerprint density at radius 1 is 0.907 bits per heavy atom. The van der Waals surface area contributed by atoms with E-state index in [0.29, 0.717) is 44.3 Å². The molecule has 1 aromatic heterocycles. The molecule has 4 N–H and O–H groups in total. The molecule has 2 fully saturated rings. The standard InChI is InChI=1S/C33H43F6N7O7S/c1-31(2,3)53-30(49)42-23(19-54(50,51)52)27(47)40-13-9-21-10-15-45(16-11-21)25-18-26(44-29(43-25)33(37,38)39)46-17-12-24(46)28(48)41-14-8-20-4-6-22(7-5-20)32(34,35)36/h4-7,18,21,23-24H,8-17,19H2,1-3H3,(H,40,47)(H,41,48)(H,42,49)(H,50,51,52)/t23-,24-/m0/s1. The van der Waals surface area contributed by atoms with Gasteiger partial charge in [-0.3, -0.25) is 14.1 Å². The summed E-state index contributed by atoms with van der Waals surface area (Å²) in [6, 6.07) is 3.47. The van der Waals surface area contributed by atoms with Crippen molar-refractivity contribution in [3.8, 4) is 0 Å². The summed E-state index contributed by atoms with van der Waals surface area (Å²) in [5.41, 5.74) is -1.16. The third-order valence-electron chi connectivity index (χ3n) is 8.74. The molecule has 0 unspecified atom stereocenters. The molecule has 1 aromatic carbocycles. The van der Waals surface area contributed by atoms with Crippen LogP contribution in [0.15, 0.2) is 30.3 Å². The summed E-state index contributed by atoms with van der Waals surface area (Å²) in [5, 5.41) is 7.38. The molecule has 300 valence electrons. The Hall–Kier alpha value is -4.40. The SMILES string of the molecule is CC(C)(C)OC(=O)N[C@@H](CS(=O)(=O)O)C(=O)NCCC1CCN(c2cc(N3CC[C@H]3C(=O)NCCc3ccc(C(F)(F)F)cc3)nc(C(F)(F)F)n2)CC1. The summed E-state index contributed by atoms with van der Waals surface area (Å²) >= 11 is 0. The number of aromatic nitrogens is 2. The average Bonchev–Trinajstić information content (AvgIpc) is 3.02. The van der Waals surface area contributed by atoms with E-state index in [1.54, 1.807) is 25.7 Å². The molecule has 14 nitrogen and oxygen atoms in total. The topological polar surface area (TPSA) is 183 Å². The molecule has 2 atom stereocenters. The van der Waals surface area contributed by atoms with Crippen LogP contribution >= 0.6 is 0 Å². The second kappa shape index (κ2) is 17.0. The summed E-state index contributed by atoms with van der Waals surface area (Å²) in [5.74, 6) is -3.80. The Bertz CT molecular complexity index is 1750. The molecule has 0 radical (unpaired) electrons. The highest BCUT2D eigenvalue weighted by atomic mass is 32.2. The van der Waals surface area contributed by atoms with Crippen LogP contribution in [0.2, 0.25) is 0 Å². The number of carbonyl (C=O) groups is 3. The van der Waals surface area contributed by atoms with Gasteiger partial charge in [-0.05, 0) is 76.5 Å². The van der Waals surface area contributed by atoms with Crippen molar-refractivity contribution in [1.29, 1.82) is 0 Å². The first kappa shape index (κ1) is 42.3. The number of hydrogen-bond acceptors (Lipinski definition) is 10. The van der Waals surface area contributed by atoms with Crippen molar-refractivity contribution < 1.29 is 58.4 Å². The number of alkyl carbamates (subject to hydrolysis) is 1. The molecule has 2 saturated heterocycles. The van der Waals surface area contributed by atoms with Crippen LogP contribution in [0.25, 0.3) is 0 Å². The van der Waals surface area contributed by atoms with Crippen LogP contribution in [0.5, 0.6) is 0 Å². The number of ether oxygens (including phenoxy) is 1. The van der Waals surface area contributed by atoms with Crippen molar-refractivity contribution in [2.75, 3.05) is 48.3 Å². The van der Waals surface area contributed by atoms with Gasteiger partial charge in [0, 0.05) is 38.8 Å². The van der Waals surface area contributed by atoms with E-state index in [1.807, 2.05) is 0 Å². The minimum atomic E-state index is -4.88. The monoisotopic (exact) mass is 795 g/mol. The molecule has 3 heterocycles. The molecule has 21 heteroatoms. The first-order chi connectivity index (χ1) is 25.0. The lowest BCUT2D eigenvalue weighted by atomic mass is 9.93. The maximum atomic E-state index is 13.9. The number of halogens is 6. The smallest absolute Gasteiger partial charge is 0.444 e. The average molecular weight is 796 g/mol. The van der Waals surface area contributed by atoms with Gasteiger partial charge in [-0.1, -0.05) is 12.1 Å². The van der Waals surface area contributed by atoms with E-state index in [4.69, 9.17) is 4.74 Å². The number of carbonyl (C=O) groups excluding carboxylic acids is 3. The summed E-state index contributed by atoms with van der Waals surface area (Å²) in [7, 11) is -4.65. The number of nitrogens with zero attached hydrogens (tertiary/aromatic N) is 4. The molecule has 0 spiro atoms. The highest BCUT2D eigenvalue weighted by Gasteiger charge is 2.40. The van der Waals surface area contributed by atoms with Crippen molar-refractivity contribution in [2.24, 2.45) is 5.92 Å². The van der Waals surface area contributed by atoms with E-state index in [9.17, 15) is 53.7 Å². The molecule has 54 heavy (non-hydrogen) atoms. The lowest BCUT2D eigenvalue weighted by Crippen LogP contribution is -2.57. The van der Waals surface area contributed by atoms with Crippen LogP contribution in [0.3, 0.4) is 0 Å². The van der Waals surface area contributed by atoms with Gasteiger partial charge in [-0.2, -0.15) is 34.8 Å². The zero-order valence-corrected chi connectivity index (χ0v) is 30.6. The van der Waals surface area contributed by atoms with Gasteiger partial charge in [0.1, 0.15) is 35.1 Å². The van der Waals surface area contributed by atoms with Crippen molar-refractivity contribution in [3.63, 3.8) is 0 Å². The normalized spacial score (nSPS) is 17.7. The molecule has 0 saturated carbocycles. The number of nitrogens with one attached hydrogen (secondary N) is 3. The Labute approximate surface area is 308 Å². The zero-order chi connectivity index (χ0) is 40.1. The fourth-order valence-corrected chi connectivity index (χ4v) is 6.57. The predicted octanol–water partition coefficient (Wildman–Crippen LogP) is 3.96. The van der Waals surface area contributed by atoms with Gasteiger partial charge >= 0.3 is 18.4 Å². The van der Waals surface area contributed by atoms with Crippen LogP contribution in [0.4, 0.5) is 42.8 Å². The van der Waals surface area contributed by atoms with Gasteiger partial charge in [-0.25, -0.2) is 14.8 Å². The highest BCUT2D eigenvalue weighted by Crippen LogP contribution is 2.35. The van der Waals surface area contributed by atoms with Gasteiger partial charge in [0.2, 0.25) is 17.6 Å². The van der Waals surface area contributed by atoms with E-state index >= 15 is 0 Å². The quantitative estimate of drug-likeness (QED) is 0.170. The van der Waals surface area contributed by atoms with E-state index in [2.05, 4.69) is 25.9 Å². The van der Waals surface area contributed by atoms with Crippen molar-refractivity contribution >= 4 is 39.7 Å². The number of amides is 3. The molecule has 4 rings (SSSR count). The lowest BCUT2D eigenvalue weighted by Gasteiger charge is -2.41. The molecular weight excluding hydrogens is 752 g/mol. The summed E-state index contributed by atoms with van der Waals surface area (Å²) in [6.07, 6.45) is -8.36. The minimum absolute atomic E-state index is 0.0220. The van der Waals surface area contributed by atoms with Gasteiger partial charge in [0.05, 0.1) is 5.56 Å². The van der Waals surface area contributed by atoms with E-state index in [-0.39, 0.29) is 43.6 Å². The number of rotatable bonds is 13. The Morgan fingerprint density at radius 3 is 2.07 bits per heavy atom. The Morgan fingerprint density at radius 2 is 1.54 bits per heavy atom. The van der Waals surface area contributed by atoms with Crippen molar-refractivity contribution in [3.05, 3.63) is 47.3 Å². The van der Waals surface area contributed by atoms with Crippen LogP contribution in [-0.4, -0.2) is 97.0 Å². The Kier molecular flexibility index (Phi) is 13.3. The highest BCUT2D eigenvalue weighted by molar-refractivity contribution is 7.85. The maximum absolute atomic E-state index is 13.9. The predicted molar refractivity (Wildman–Crippen MR) is 183 cm³/mol. The lowest BCUT2D eigenvalue weighted by molar-refractivity contribution is -0.144. The number of piperidine rings is 1. The third kappa shape index (κ3) is 12.6. The van der Waals surface area contributed by atoms with Crippen LogP contribution in [-0.2, 0) is 43.2 Å². The molecule has 0 aliphatic carbocycles. The summed E-state index contributed by atoms with van der Waals surface area (Å²) < 4.78 is 117. The minimum Gasteiger partial charge on any atom is -0.444 e. The first-order valence-corrected chi connectivity index (χ1v) is 18.7. The fraction of sp³-hybridized carbons (Fsp3) is 0.606. The summed E-state index contributed by atoms with van der Waals surface area (Å²) in [6.45, 7) is 5.78. The Balaban J connectivity index is 1.31. The van der Waals surface area contributed by atoms with Crippen LogP contribution in [0, 0.1) is 5.92 Å². The second-order valence-corrected chi connectivity index (χ2v) is 15.6. The first-order valence-electron chi connectivity index (χ1n) is 17.1. The van der Waals surface area contributed by atoms with Crippen molar-refractivity contribution in [2.45, 2.75) is 82.9 Å². The fourth-order valence-electron chi connectivity index (χ4n) is 5.92. The van der Waals surface area contributed by atoms with Crippen LogP contribution in [0.1, 0.15) is 63.4 Å². The number of alkyl halides is 6. The maximum Gasteiger partial charge on any atom is 0.451 e. The largest absolute Gasteiger partial charge is 0.451 e. The number of anilines is 2. The molecule has 2 aliphatic rings. The van der Waals surface area contributed by atoms with E-state index in [0.717, 1.165) is 12.1 Å². The summed E-state index contributed by atoms with van der Waals surface area (Å²) in [4.78, 5) is 48.4. The zero-order valence-electron chi connectivity index (χ0n) is 29.8. The number of hydrogen-bond donors (Lipinski definition) is 4. The molecule has 0 bridgehead atoms. The van der Waals surface area contributed by atoms with Gasteiger partial charge in [-0.15, -0.1) is 0 Å². The molecule has 2 aromatic rings. The van der Waals surface area contributed by atoms with E-state index in [1.165, 1.54) is 23.1 Å². The second-order valence-electron chi connectivity index (χ2n) is 14.1. The van der Waals surface area contributed by atoms with Crippen molar-refractivity contribution in [1.82, 2.24) is 25.9 Å².